The predicted molar refractivity (Wildman–Crippen MR) is 27.5 cm³/mol. The maximum Gasteiger partial charge on any atom is 0.475 e. The van der Waals surface area contributed by atoms with Gasteiger partial charge in [-0.2, -0.15) is 0 Å². The van der Waals surface area contributed by atoms with Crippen molar-refractivity contribution in [3.63, 3.8) is 0 Å². The topological polar surface area (TPSA) is 76.0 Å². The first-order valence-corrected chi connectivity index (χ1v) is 3.88. The molecule has 1 aliphatic rings. The van der Waals surface area contributed by atoms with Gasteiger partial charge >= 0.3 is 7.82 Å². The lowest BCUT2D eigenvalue weighted by molar-refractivity contribution is -0.0334. The molecule has 0 amide bonds. The second kappa shape index (κ2) is 2.04. The normalized spacial score (nSPS) is 51.9. The van der Waals surface area contributed by atoms with Crippen LogP contribution in [-0.2, 0) is 13.6 Å². The van der Waals surface area contributed by atoms with Crippen molar-refractivity contribution in [2.75, 3.05) is 0 Å². The van der Waals surface area contributed by atoms with Crippen LogP contribution in [0.2, 0.25) is 0 Å². The van der Waals surface area contributed by atoms with Crippen molar-refractivity contribution in [2.45, 2.75) is 19.3 Å². The molecule has 1 saturated heterocycles. The molecule has 2 N–H and O–H groups in total. The third-order valence-electron chi connectivity index (χ3n) is 0.942. The summed E-state index contributed by atoms with van der Waals surface area (Å²) in [5.41, 5.74) is 0. The maximum atomic E-state index is 10.4. The summed E-state index contributed by atoms with van der Waals surface area (Å²) in [7, 11) is -3.91. The van der Waals surface area contributed by atoms with Crippen LogP contribution in [0.25, 0.3) is 0 Å². The summed E-state index contributed by atoms with van der Waals surface area (Å²) in [5.74, 6) is 0. The summed E-state index contributed by atoms with van der Waals surface area (Å²) in [6.45, 7) is 1.44. The van der Waals surface area contributed by atoms with Crippen molar-refractivity contribution in [1.29, 1.82) is 0 Å². The van der Waals surface area contributed by atoms with Crippen LogP contribution in [0.3, 0.4) is 0 Å². The summed E-state index contributed by atoms with van der Waals surface area (Å²) < 4.78 is 18.8. The molecular weight excluding hydrogens is 147 g/mol. The van der Waals surface area contributed by atoms with E-state index in [1.807, 2.05) is 0 Å². The minimum atomic E-state index is -3.91. The van der Waals surface area contributed by atoms with Gasteiger partial charge in [0.05, 0.1) is 0 Å². The Morgan fingerprint density at radius 2 is 2.11 bits per heavy atom. The zero-order valence-corrected chi connectivity index (χ0v) is 5.62. The van der Waals surface area contributed by atoms with Crippen molar-refractivity contribution in [3.8, 4) is 0 Å². The third kappa shape index (κ3) is 1.50. The highest BCUT2D eigenvalue weighted by molar-refractivity contribution is 7.47. The van der Waals surface area contributed by atoms with Crippen LogP contribution in [0.5, 0.6) is 0 Å². The molecule has 9 heavy (non-hydrogen) atoms. The zero-order chi connectivity index (χ0) is 7.07. The van der Waals surface area contributed by atoms with Gasteiger partial charge in [0.1, 0.15) is 6.10 Å². The molecule has 3 atom stereocenters. The van der Waals surface area contributed by atoms with E-state index in [1.165, 1.54) is 6.92 Å². The lowest BCUT2D eigenvalue weighted by atomic mass is 10.4. The van der Waals surface area contributed by atoms with Gasteiger partial charge in [-0.05, 0) is 6.92 Å². The molecular formula is C3H7O5P. The fourth-order valence-electron chi connectivity index (χ4n) is 0.509. The van der Waals surface area contributed by atoms with E-state index < -0.39 is 20.2 Å². The van der Waals surface area contributed by atoms with E-state index in [2.05, 4.69) is 9.05 Å². The molecule has 3 unspecified atom stereocenters. The average Bonchev–Trinajstić information content (AvgIpc) is 1.79. The van der Waals surface area contributed by atoms with Gasteiger partial charge in [-0.25, -0.2) is 4.57 Å². The van der Waals surface area contributed by atoms with Gasteiger partial charge in [-0.15, -0.1) is 0 Å². The Morgan fingerprint density at radius 1 is 1.56 bits per heavy atom. The van der Waals surface area contributed by atoms with Crippen molar-refractivity contribution in [2.24, 2.45) is 0 Å². The molecule has 1 heterocycles. The first-order valence-electron chi connectivity index (χ1n) is 2.39. The Bertz CT molecular complexity index is 142. The standard InChI is InChI=1S/C3H7O5P/c1-2-3(4)8-9(5,6)7-2/h2-4H,1H3,(H,5,6). The quantitative estimate of drug-likeness (QED) is 0.474. The van der Waals surface area contributed by atoms with Crippen LogP contribution in [0.15, 0.2) is 0 Å². The van der Waals surface area contributed by atoms with Gasteiger partial charge in [-0.1, -0.05) is 0 Å². The highest BCUT2D eigenvalue weighted by atomic mass is 31.2. The van der Waals surface area contributed by atoms with Gasteiger partial charge in [0.2, 0.25) is 0 Å². The molecule has 0 aromatic carbocycles. The lowest BCUT2D eigenvalue weighted by Crippen LogP contribution is -2.17. The SMILES string of the molecule is CC1OP(=O)(O)OC1O. The number of rotatable bonds is 0. The minimum absolute atomic E-state index is 0.721. The van der Waals surface area contributed by atoms with E-state index in [9.17, 15) is 4.57 Å². The molecule has 0 radical (unpaired) electrons. The third-order valence-corrected chi connectivity index (χ3v) is 2.02. The Hall–Kier alpha value is 0.0700. The smallest absolute Gasteiger partial charge is 0.365 e. The van der Waals surface area contributed by atoms with Crippen LogP contribution in [0.4, 0.5) is 0 Å². The van der Waals surface area contributed by atoms with E-state index in [0.717, 1.165) is 0 Å². The maximum absolute atomic E-state index is 10.4. The number of phosphoric acid groups is 1. The van der Waals surface area contributed by atoms with E-state index >= 15 is 0 Å². The average molecular weight is 154 g/mol. The molecule has 0 bridgehead atoms. The Morgan fingerprint density at radius 3 is 2.22 bits per heavy atom. The number of aliphatic hydroxyl groups is 1. The first kappa shape index (κ1) is 7.18. The van der Waals surface area contributed by atoms with Crippen LogP contribution in [0.1, 0.15) is 6.92 Å². The second-order valence-corrected chi connectivity index (χ2v) is 3.13. The number of hydrogen-bond donors (Lipinski definition) is 2. The molecule has 1 aliphatic heterocycles. The number of phosphoric ester groups is 1. The molecule has 1 fully saturated rings. The monoisotopic (exact) mass is 154 g/mol. The van der Waals surface area contributed by atoms with E-state index in [4.69, 9.17) is 10.00 Å². The number of hydrogen-bond acceptors (Lipinski definition) is 4. The lowest BCUT2D eigenvalue weighted by Gasteiger charge is -1.99. The fraction of sp³-hybridized carbons (Fsp3) is 1.00. The number of aliphatic hydroxyl groups excluding tert-OH is 1. The van der Waals surface area contributed by atoms with Crippen LogP contribution < -0.4 is 0 Å². The molecule has 0 aliphatic carbocycles. The van der Waals surface area contributed by atoms with Crippen molar-refractivity contribution in [1.82, 2.24) is 0 Å². The highest BCUT2D eigenvalue weighted by Crippen LogP contribution is 2.51. The van der Waals surface area contributed by atoms with Crippen molar-refractivity contribution < 1.29 is 23.6 Å². The Kier molecular flexibility index (Phi) is 1.63. The van der Waals surface area contributed by atoms with Crippen LogP contribution in [0, 0.1) is 0 Å². The van der Waals surface area contributed by atoms with E-state index in [-0.39, 0.29) is 0 Å². The Labute approximate surface area is 51.8 Å². The van der Waals surface area contributed by atoms with Gasteiger partial charge in [-0.3, -0.25) is 9.05 Å². The van der Waals surface area contributed by atoms with Gasteiger partial charge in [0.15, 0.2) is 6.29 Å². The molecule has 0 saturated carbocycles. The van der Waals surface area contributed by atoms with Gasteiger partial charge < -0.3 is 10.00 Å². The first-order chi connectivity index (χ1) is 4.01. The summed E-state index contributed by atoms with van der Waals surface area (Å²) in [5, 5.41) is 8.65. The molecule has 0 spiro atoms. The summed E-state index contributed by atoms with van der Waals surface area (Å²) >= 11 is 0. The summed E-state index contributed by atoms with van der Waals surface area (Å²) in [6, 6.07) is 0. The van der Waals surface area contributed by atoms with Crippen molar-refractivity contribution in [3.05, 3.63) is 0 Å². The van der Waals surface area contributed by atoms with E-state index in [0.29, 0.717) is 0 Å². The van der Waals surface area contributed by atoms with E-state index in [1.54, 1.807) is 0 Å². The zero-order valence-electron chi connectivity index (χ0n) is 4.72. The molecule has 1 rings (SSSR count). The predicted octanol–water partition coefficient (Wildman–Crippen LogP) is -0.160. The highest BCUT2D eigenvalue weighted by Gasteiger charge is 2.39. The minimum Gasteiger partial charge on any atom is -0.365 e. The summed E-state index contributed by atoms with van der Waals surface area (Å²) in [4.78, 5) is 8.49. The molecule has 54 valence electrons. The fourth-order valence-corrected chi connectivity index (χ4v) is 1.53. The Balaban J connectivity index is 2.65. The van der Waals surface area contributed by atoms with Crippen LogP contribution in [-0.4, -0.2) is 22.4 Å². The molecule has 6 heteroatoms. The largest absolute Gasteiger partial charge is 0.475 e. The van der Waals surface area contributed by atoms with Crippen LogP contribution >= 0.6 is 7.82 Å². The molecule has 5 nitrogen and oxygen atoms in total. The van der Waals surface area contributed by atoms with Crippen molar-refractivity contribution >= 4 is 7.82 Å². The second-order valence-electron chi connectivity index (χ2n) is 1.78. The van der Waals surface area contributed by atoms with Gasteiger partial charge in [0.25, 0.3) is 0 Å². The molecule has 0 aromatic rings. The van der Waals surface area contributed by atoms with Gasteiger partial charge in [0, 0.05) is 0 Å². The summed E-state index contributed by atoms with van der Waals surface area (Å²) in [6.07, 6.45) is -2.00. The molecule has 0 aromatic heterocycles.